The predicted molar refractivity (Wildman–Crippen MR) is 136 cm³/mol. The molecule has 1 aliphatic carbocycles. The molecule has 1 aromatic heterocycles. The molecule has 2 aromatic carbocycles. The van der Waals surface area contributed by atoms with Gasteiger partial charge in [-0.2, -0.15) is 0 Å². The van der Waals surface area contributed by atoms with Gasteiger partial charge >= 0.3 is 6.03 Å². The molecule has 2 amide bonds. The van der Waals surface area contributed by atoms with Crippen LogP contribution in [0, 0.1) is 17.0 Å². The van der Waals surface area contributed by atoms with Crippen molar-refractivity contribution in [3.05, 3.63) is 64.2 Å². The van der Waals surface area contributed by atoms with Crippen LogP contribution in [-0.4, -0.2) is 42.1 Å². The number of para-hydroxylation sites is 1. The molecule has 34 heavy (non-hydrogen) atoms. The molecule has 1 saturated carbocycles. The van der Waals surface area contributed by atoms with Crippen LogP contribution < -0.4 is 20.9 Å². The minimum absolute atomic E-state index is 0.0489. The maximum Gasteiger partial charge on any atom is 0.319 e. The highest BCUT2D eigenvalue weighted by Crippen LogP contribution is 2.29. The molecule has 3 aromatic rings. The summed E-state index contributed by atoms with van der Waals surface area (Å²) in [7, 11) is 4.06. The quantitative estimate of drug-likeness (QED) is 0.349. The van der Waals surface area contributed by atoms with Crippen molar-refractivity contribution in [2.24, 2.45) is 0 Å². The van der Waals surface area contributed by atoms with Gasteiger partial charge in [-0.15, -0.1) is 0 Å². The average molecular weight is 463 g/mol. The van der Waals surface area contributed by atoms with E-state index in [2.05, 4.69) is 33.0 Å². The number of non-ortho nitro benzene ring substituents is 1. The zero-order chi connectivity index (χ0) is 24.2. The van der Waals surface area contributed by atoms with Crippen molar-refractivity contribution in [1.82, 2.24) is 10.3 Å². The lowest BCUT2D eigenvalue weighted by Crippen LogP contribution is -2.42. The summed E-state index contributed by atoms with van der Waals surface area (Å²) < 4.78 is 0. The van der Waals surface area contributed by atoms with Crippen LogP contribution in [0.5, 0.6) is 0 Å². The highest BCUT2D eigenvalue weighted by atomic mass is 16.6. The van der Waals surface area contributed by atoms with Crippen molar-refractivity contribution >= 4 is 39.8 Å². The van der Waals surface area contributed by atoms with E-state index in [-0.39, 0.29) is 23.8 Å². The number of carbonyl (C=O) groups excluding carboxylic acids is 1. The number of nitro benzene ring substituents is 1. The zero-order valence-corrected chi connectivity index (χ0v) is 19.7. The third-order valence-corrected chi connectivity index (χ3v) is 6.27. The van der Waals surface area contributed by atoms with Gasteiger partial charge in [-0.25, -0.2) is 9.78 Å². The fraction of sp³-hybridized carbons (Fsp3) is 0.360. The molecule has 0 atom stereocenters. The molecule has 1 heterocycles. The summed E-state index contributed by atoms with van der Waals surface area (Å²) in [6.07, 6.45) is 3.50. The lowest BCUT2D eigenvalue weighted by atomic mass is 9.91. The maximum atomic E-state index is 12.5. The molecule has 0 spiro atoms. The Kier molecular flexibility index (Phi) is 6.81. The number of carbonyl (C=O) groups is 1. The second-order valence-electron chi connectivity index (χ2n) is 8.99. The number of fused-ring (bicyclic) bond motifs is 1. The van der Waals surface area contributed by atoms with E-state index in [4.69, 9.17) is 4.98 Å². The van der Waals surface area contributed by atoms with Gasteiger partial charge < -0.3 is 20.9 Å². The van der Waals surface area contributed by atoms with Crippen LogP contribution >= 0.6 is 0 Å². The van der Waals surface area contributed by atoms with Crippen LogP contribution in [0.25, 0.3) is 10.9 Å². The van der Waals surface area contributed by atoms with Gasteiger partial charge in [-0.1, -0.05) is 24.3 Å². The number of aromatic nitrogens is 1. The summed E-state index contributed by atoms with van der Waals surface area (Å²) in [5, 5.41) is 21.5. The topological polar surface area (TPSA) is 112 Å². The molecule has 4 rings (SSSR count). The van der Waals surface area contributed by atoms with E-state index in [9.17, 15) is 14.9 Å². The Morgan fingerprint density at radius 1 is 1.06 bits per heavy atom. The first kappa shape index (κ1) is 23.3. The number of benzene rings is 2. The smallest absolute Gasteiger partial charge is 0.319 e. The van der Waals surface area contributed by atoms with Crippen molar-refractivity contribution in [3.63, 3.8) is 0 Å². The van der Waals surface area contributed by atoms with Crippen molar-refractivity contribution in [2.45, 2.75) is 44.7 Å². The van der Waals surface area contributed by atoms with Crippen molar-refractivity contribution in [1.29, 1.82) is 0 Å². The summed E-state index contributed by atoms with van der Waals surface area (Å²) >= 11 is 0. The van der Waals surface area contributed by atoms with Crippen LogP contribution in [0.15, 0.2) is 48.5 Å². The normalized spacial score (nSPS) is 17.7. The highest BCUT2D eigenvalue weighted by Gasteiger charge is 2.23. The zero-order valence-electron chi connectivity index (χ0n) is 19.7. The monoisotopic (exact) mass is 462 g/mol. The first-order valence-electron chi connectivity index (χ1n) is 11.5. The van der Waals surface area contributed by atoms with E-state index >= 15 is 0 Å². The predicted octanol–water partition coefficient (Wildman–Crippen LogP) is 5.06. The van der Waals surface area contributed by atoms with Gasteiger partial charge in [0.1, 0.15) is 5.82 Å². The van der Waals surface area contributed by atoms with E-state index in [0.29, 0.717) is 5.69 Å². The third-order valence-electron chi connectivity index (χ3n) is 6.27. The molecule has 178 valence electrons. The van der Waals surface area contributed by atoms with Crippen LogP contribution in [0.4, 0.5) is 27.7 Å². The van der Waals surface area contributed by atoms with Gasteiger partial charge in [0, 0.05) is 55.5 Å². The molecule has 0 aliphatic heterocycles. The van der Waals surface area contributed by atoms with Gasteiger partial charge in [0.25, 0.3) is 5.69 Å². The molecule has 1 fully saturated rings. The molecule has 0 bridgehead atoms. The highest BCUT2D eigenvalue weighted by molar-refractivity contribution is 5.93. The summed E-state index contributed by atoms with van der Waals surface area (Å²) in [5.74, 6) is 0.859. The summed E-state index contributed by atoms with van der Waals surface area (Å²) in [5.41, 5.74) is 3.25. The van der Waals surface area contributed by atoms with E-state index in [1.54, 1.807) is 13.0 Å². The van der Waals surface area contributed by atoms with Gasteiger partial charge in [0.2, 0.25) is 0 Å². The minimum atomic E-state index is -0.470. The first-order chi connectivity index (χ1) is 16.3. The molecule has 0 saturated heterocycles. The van der Waals surface area contributed by atoms with Crippen molar-refractivity contribution in [3.8, 4) is 0 Å². The Hall–Kier alpha value is -3.88. The van der Waals surface area contributed by atoms with Crippen molar-refractivity contribution < 1.29 is 9.72 Å². The number of aryl methyl sites for hydroxylation is 1. The van der Waals surface area contributed by atoms with Gasteiger partial charge in [0.05, 0.1) is 16.1 Å². The van der Waals surface area contributed by atoms with Gasteiger partial charge in [0.15, 0.2) is 0 Å². The Bertz CT molecular complexity index is 1200. The fourth-order valence-corrected chi connectivity index (χ4v) is 4.39. The van der Waals surface area contributed by atoms with Crippen LogP contribution in [-0.2, 0) is 0 Å². The second-order valence-corrected chi connectivity index (χ2v) is 8.99. The maximum absolute atomic E-state index is 12.5. The van der Waals surface area contributed by atoms with Crippen molar-refractivity contribution in [2.75, 3.05) is 29.6 Å². The number of hydrogen-bond acceptors (Lipinski definition) is 6. The number of nitro groups is 1. The second kappa shape index (κ2) is 9.94. The van der Waals surface area contributed by atoms with Gasteiger partial charge in [-0.3, -0.25) is 10.1 Å². The first-order valence-corrected chi connectivity index (χ1v) is 11.5. The number of rotatable bonds is 6. The molecule has 3 N–H and O–H groups in total. The fourth-order valence-electron chi connectivity index (χ4n) is 4.39. The summed E-state index contributed by atoms with van der Waals surface area (Å²) in [6.45, 7) is 1.80. The summed E-state index contributed by atoms with van der Waals surface area (Å²) in [4.78, 5) is 29.9. The Morgan fingerprint density at radius 3 is 2.47 bits per heavy atom. The van der Waals surface area contributed by atoms with E-state index < -0.39 is 4.92 Å². The molecule has 9 nitrogen and oxygen atoms in total. The average Bonchev–Trinajstić information content (AvgIpc) is 2.81. The largest absolute Gasteiger partial charge is 0.377 e. The number of anilines is 3. The van der Waals surface area contributed by atoms with Crippen LogP contribution in [0.2, 0.25) is 0 Å². The molecule has 9 heteroatoms. The molecular formula is C25H30N6O3. The lowest BCUT2D eigenvalue weighted by Gasteiger charge is -2.30. The molecule has 0 radical (unpaired) electrons. The summed E-state index contributed by atoms with van der Waals surface area (Å²) in [6, 6.07) is 14.6. The molecular weight excluding hydrogens is 432 g/mol. The van der Waals surface area contributed by atoms with Crippen LogP contribution in [0.3, 0.4) is 0 Å². The lowest BCUT2D eigenvalue weighted by molar-refractivity contribution is -0.384. The Morgan fingerprint density at radius 2 is 1.76 bits per heavy atom. The van der Waals surface area contributed by atoms with E-state index in [1.165, 1.54) is 12.1 Å². The number of urea groups is 1. The number of pyridine rings is 1. The molecule has 1 aliphatic rings. The Balaban J connectivity index is 1.33. The van der Waals surface area contributed by atoms with Crippen LogP contribution in [0.1, 0.15) is 31.2 Å². The Labute approximate surface area is 198 Å². The number of nitrogens with one attached hydrogen (secondary N) is 3. The third kappa shape index (κ3) is 5.36. The number of nitrogens with zero attached hydrogens (tertiary/aromatic N) is 3. The number of hydrogen-bond donors (Lipinski definition) is 3. The molecule has 0 unspecified atom stereocenters. The SMILES string of the molecule is Cc1ccc([N+](=O)[O-])cc1NC(=O)N[C@H]1CC[C@@H](Nc2cc(N(C)C)c3ccccc3n2)CC1. The number of amides is 2. The van der Waals surface area contributed by atoms with E-state index in [0.717, 1.165) is 53.7 Å². The van der Waals surface area contributed by atoms with Gasteiger partial charge in [-0.05, 0) is 44.2 Å². The minimum Gasteiger partial charge on any atom is -0.377 e. The van der Waals surface area contributed by atoms with E-state index in [1.807, 2.05) is 32.3 Å². The standard InChI is InChI=1S/C25H30N6O3/c1-16-8-13-19(31(33)34)14-22(16)29-25(32)27-18-11-9-17(10-12-18)26-24-15-23(30(2)3)20-6-4-5-7-21(20)28-24/h4-8,13-15,17-18H,9-12H2,1-3H3,(H,26,28)(H2,27,29,32)/t17-,18+.